The van der Waals surface area contributed by atoms with Crippen molar-refractivity contribution in [2.24, 2.45) is 0 Å². The van der Waals surface area contributed by atoms with Crippen LogP contribution in [0.2, 0.25) is 0 Å². The largest absolute Gasteiger partial charge is 0.478 e. The van der Waals surface area contributed by atoms with Gasteiger partial charge < -0.3 is 4.74 Å². The third-order valence-corrected chi connectivity index (χ3v) is 4.97. The van der Waals surface area contributed by atoms with E-state index in [4.69, 9.17) is 16.3 Å². The molecule has 116 valence electrons. The molecule has 0 radical (unpaired) electrons. The normalized spacial score (nSPS) is 19.2. The van der Waals surface area contributed by atoms with E-state index in [2.05, 4.69) is 13.0 Å². The van der Waals surface area contributed by atoms with E-state index in [9.17, 15) is 4.79 Å². The molecular weight excluding hydrogens is 284 g/mol. The standard InChI is InChI=1S/C18H25ClO2/c1-14-10-9-11-16(15(14)2)21-18(17(19)20)12-7-5-3-4-6-8-13-18/h9-11H,3-8,12-13H2,1-2H3. The van der Waals surface area contributed by atoms with Crippen LogP contribution in [0.4, 0.5) is 0 Å². The zero-order valence-corrected chi connectivity index (χ0v) is 13.8. The van der Waals surface area contributed by atoms with Gasteiger partial charge in [-0.15, -0.1) is 0 Å². The van der Waals surface area contributed by atoms with Crippen LogP contribution in [0.1, 0.15) is 62.5 Å². The second-order valence-corrected chi connectivity index (χ2v) is 6.53. The molecule has 21 heavy (non-hydrogen) atoms. The van der Waals surface area contributed by atoms with Crippen LogP contribution in [-0.4, -0.2) is 10.8 Å². The van der Waals surface area contributed by atoms with Crippen LogP contribution in [0.15, 0.2) is 18.2 Å². The van der Waals surface area contributed by atoms with Crippen molar-refractivity contribution in [1.29, 1.82) is 0 Å². The van der Waals surface area contributed by atoms with E-state index in [0.717, 1.165) is 49.8 Å². The summed E-state index contributed by atoms with van der Waals surface area (Å²) in [5, 5.41) is -0.342. The maximum absolute atomic E-state index is 12.1. The van der Waals surface area contributed by atoms with Gasteiger partial charge in [0.05, 0.1) is 0 Å². The van der Waals surface area contributed by atoms with Gasteiger partial charge in [0, 0.05) is 0 Å². The van der Waals surface area contributed by atoms with Gasteiger partial charge in [-0.3, -0.25) is 4.79 Å². The maximum atomic E-state index is 12.1. The van der Waals surface area contributed by atoms with Crippen LogP contribution in [0.3, 0.4) is 0 Å². The van der Waals surface area contributed by atoms with E-state index >= 15 is 0 Å². The lowest BCUT2D eigenvalue weighted by Gasteiger charge is -2.32. The highest BCUT2D eigenvalue weighted by molar-refractivity contribution is 6.65. The first-order valence-corrected chi connectivity index (χ1v) is 8.38. The summed E-state index contributed by atoms with van der Waals surface area (Å²) in [5.74, 6) is 0.795. The molecule has 2 rings (SSSR count). The quantitative estimate of drug-likeness (QED) is 0.706. The molecule has 0 atom stereocenters. The molecular formula is C18H25ClO2. The van der Waals surface area contributed by atoms with Gasteiger partial charge in [-0.2, -0.15) is 0 Å². The molecule has 0 saturated heterocycles. The first-order chi connectivity index (χ1) is 10.1. The topological polar surface area (TPSA) is 26.3 Å². The Hall–Kier alpha value is -1.02. The van der Waals surface area contributed by atoms with E-state index in [1.807, 2.05) is 19.1 Å². The Morgan fingerprint density at radius 1 is 1.05 bits per heavy atom. The summed E-state index contributed by atoms with van der Waals surface area (Å²) in [6.45, 7) is 4.09. The molecule has 1 aromatic carbocycles. The van der Waals surface area contributed by atoms with Crippen molar-refractivity contribution >= 4 is 16.8 Å². The molecule has 3 heteroatoms. The molecule has 0 unspecified atom stereocenters. The van der Waals surface area contributed by atoms with Gasteiger partial charge in [-0.1, -0.05) is 37.8 Å². The summed E-state index contributed by atoms with van der Waals surface area (Å²) in [6, 6.07) is 5.97. The van der Waals surface area contributed by atoms with Crippen molar-refractivity contribution in [3.05, 3.63) is 29.3 Å². The SMILES string of the molecule is Cc1cccc(OC2(C(=O)Cl)CCCCCCCC2)c1C. The van der Waals surface area contributed by atoms with Crippen LogP contribution in [0.5, 0.6) is 5.75 Å². The fourth-order valence-electron chi connectivity index (χ4n) is 3.04. The molecule has 0 amide bonds. The predicted octanol–water partition coefficient (Wildman–Crippen LogP) is 5.32. The monoisotopic (exact) mass is 308 g/mol. The highest BCUT2D eigenvalue weighted by atomic mass is 35.5. The number of carbonyl (C=O) groups excluding carboxylic acids is 1. The van der Waals surface area contributed by atoms with E-state index < -0.39 is 5.60 Å². The van der Waals surface area contributed by atoms with Gasteiger partial charge in [0.15, 0.2) is 5.60 Å². The van der Waals surface area contributed by atoms with E-state index in [0.29, 0.717) is 0 Å². The molecule has 1 saturated carbocycles. The third-order valence-electron chi connectivity index (χ3n) is 4.63. The van der Waals surface area contributed by atoms with Crippen molar-refractivity contribution in [2.45, 2.75) is 70.8 Å². The van der Waals surface area contributed by atoms with Crippen LogP contribution < -0.4 is 4.74 Å². The zero-order valence-electron chi connectivity index (χ0n) is 13.1. The molecule has 0 aromatic heterocycles. The van der Waals surface area contributed by atoms with E-state index in [1.54, 1.807) is 0 Å². The molecule has 0 spiro atoms. The smallest absolute Gasteiger partial charge is 0.265 e. The molecule has 1 aromatic rings. The zero-order chi connectivity index (χ0) is 15.3. The number of benzene rings is 1. The minimum absolute atomic E-state index is 0.342. The molecule has 2 nitrogen and oxygen atoms in total. The number of rotatable bonds is 3. The van der Waals surface area contributed by atoms with Gasteiger partial charge in [0.25, 0.3) is 5.24 Å². The maximum Gasteiger partial charge on any atom is 0.265 e. The molecule has 1 aliphatic carbocycles. The lowest BCUT2D eigenvalue weighted by Crippen LogP contribution is -2.42. The molecule has 0 heterocycles. The Morgan fingerprint density at radius 3 is 2.19 bits per heavy atom. The van der Waals surface area contributed by atoms with E-state index in [1.165, 1.54) is 18.4 Å². The summed E-state index contributed by atoms with van der Waals surface area (Å²) in [5.41, 5.74) is 1.42. The summed E-state index contributed by atoms with van der Waals surface area (Å²) in [7, 11) is 0. The second kappa shape index (κ2) is 7.31. The Labute approximate surface area is 132 Å². The Bertz CT molecular complexity index is 486. The Balaban J connectivity index is 2.27. The van der Waals surface area contributed by atoms with Crippen molar-refractivity contribution in [2.75, 3.05) is 0 Å². The molecule has 1 fully saturated rings. The Morgan fingerprint density at radius 2 is 1.62 bits per heavy atom. The van der Waals surface area contributed by atoms with Gasteiger partial charge in [-0.25, -0.2) is 0 Å². The first kappa shape index (κ1) is 16.4. The van der Waals surface area contributed by atoms with Gasteiger partial charge in [0.1, 0.15) is 5.75 Å². The minimum atomic E-state index is -0.843. The van der Waals surface area contributed by atoms with Gasteiger partial charge in [0.2, 0.25) is 0 Å². The van der Waals surface area contributed by atoms with Crippen molar-refractivity contribution in [3.8, 4) is 5.75 Å². The number of ether oxygens (including phenoxy) is 1. The lowest BCUT2D eigenvalue weighted by atomic mass is 9.92. The van der Waals surface area contributed by atoms with Crippen molar-refractivity contribution < 1.29 is 9.53 Å². The van der Waals surface area contributed by atoms with E-state index in [-0.39, 0.29) is 5.24 Å². The van der Waals surface area contributed by atoms with Crippen LogP contribution in [0, 0.1) is 13.8 Å². The highest BCUT2D eigenvalue weighted by Crippen LogP contribution is 2.34. The van der Waals surface area contributed by atoms with Gasteiger partial charge >= 0.3 is 0 Å². The van der Waals surface area contributed by atoms with Gasteiger partial charge in [-0.05, 0) is 68.3 Å². The fraction of sp³-hybridized carbons (Fsp3) is 0.611. The average molecular weight is 309 g/mol. The average Bonchev–Trinajstić information content (AvgIpc) is 2.57. The lowest BCUT2D eigenvalue weighted by molar-refractivity contribution is -0.127. The molecule has 0 bridgehead atoms. The van der Waals surface area contributed by atoms with Crippen LogP contribution in [0.25, 0.3) is 0 Å². The number of hydrogen-bond acceptors (Lipinski definition) is 2. The first-order valence-electron chi connectivity index (χ1n) is 8.00. The molecule has 0 N–H and O–H groups in total. The fourth-order valence-corrected chi connectivity index (χ4v) is 3.26. The summed E-state index contributed by atoms with van der Waals surface area (Å²) in [4.78, 5) is 12.1. The van der Waals surface area contributed by atoms with Crippen molar-refractivity contribution in [3.63, 3.8) is 0 Å². The van der Waals surface area contributed by atoms with Crippen LogP contribution in [-0.2, 0) is 4.79 Å². The minimum Gasteiger partial charge on any atom is -0.478 e. The number of halogens is 1. The second-order valence-electron chi connectivity index (χ2n) is 6.19. The predicted molar refractivity (Wildman–Crippen MR) is 87.1 cm³/mol. The summed E-state index contributed by atoms with van der Waals surface area (Å²) in [6.07, 6.45) is 8.26. The summed E-state index contributed by atoms with van der Waals surface area (Å²) >= 11 is 5.97. The number of aryl methyl sites for hydroxylation is 1. The molecule has 0 aliphatic heterocycles. The van der Waals surface area contributed by atoms with Crippen molar-refractivity contribution in [1.82, 2.24) is 0 Å². The van der Waals surface area contributed by atoms with Crippen LogP contribution >= 0.6 is 11.6 Å². The third kappa shape index (κ3) is 4.00. The highest BCUT2D eigenvalue weighted by Gasteiger charge is 2.39. The molecule has 1 aliphatic rings. The number of carbonyl (C=O) groups is 1. The Kier molecular flexibility index (Phi) is 5.69. The summed E-state index contributed by atoms with van der Waals surface area (Å²) < 4.78 is 6.23. The number of hydrogen-bond donors (Lipinski definition) is 0.